The van der Waals surface area contributed by atoms with Crippen molar-refractivity contribution in [2.24, 2.45) is 0 Å². The second kappa shape index (κ2) is 5.15. The summed E-state index contributed by atoms with van der Waals surface area (Å²) in [6.07, 6.45) is 5.23. The van der Waals surface area contributed by atoms with E-state index >= 15 is 0 Å². The van der Waals surface area contributed by atoms with Gasteiger partial charge in [0.25, 0.3) is 5.91 Å². The number of carbonyl (C=O) groups is 1. The maximum atomic E-state index is 11.9. The third kappa shape index (κ3) is 2.85. The number of benzene rings is 2. The van der Waals surface area contributed by atoms with E-state index in [4.69, 9.17) is 6.42 Å². The van der Waals surface area contributed by atoms with Gasteiger partial charge in [-0.3, -0.25) is 4.79 Å². The predicted octanol–water partition coefficient (Wildman–Crippen LogP) is 2.33. The minimum Gasteiger partial charge on any atom is -0.508 e. The molecular weight excluding hydrogens is 242 g/mol. The second-order valence-corrected chi connectivity index (χ2v) is 3.88. The van der Waals surface area contributed by atoms with Crippen LogP contribution in [0.4, 0.5) is 5.69 Å². The van der Waals surface area contributed by atoms with Gasteiger partial charge in [0.05, 0.1) is 5.56 Å². The number of carbonyl (C=O) groups excluding carboxylic acids is 1. The number of hydrogen-bond acceptors (Lipinski definition) is 3. The van der Waals surface area contributed by atoms with Crippen molar-refractivity contribution in [3.05, 3.63) is 53.6 Å². The Morgan fingerprint density at radius 3 is 2.42 bits per heavy atom. The lowest BCUT2D eigenvalue weighted by Crippen LogP contribution is -2.11. The van der Waals surface area contributed by atoms with Crippen molar-refractivity contribution in [1.29, 1.82) is 0 Å². The number of phenols is 2. The van der Waals surface area contributed by atoms with Crippen LogP contribution in [-0.2, 0) is 0 Å². The van der Waals surface area contributed by atoms with Crippen molar-refractivity contribution in [3.8, 4) is 23.8 Å². The van der Waals surface area contributed by atoms with Crippen LogP contribution >= 0.6 is 0 Å². The summed E-state index contributed by atoms with van der Waals surface area (Å²) in [7, 11) is 0. The Balaban J connectivity index is 2.21. The molecule has 2 aromatic carbocycles. The van der Waals surface area contributed by atoms with E-state index < -0.39 is 5.91 Å². The second-order valence-electron chi connectivity index (χ2n) is 3.88. The van der Waals surface area contributed by atoms with Gasteiger partial charge in [-0.25, -0.2) is 0 Å². The Kier molecular flexibility index (Phi) is 3.39. The van der Waals surface area contributed by atoms with Gasteiger partial charge < -0.3 is 15.5 Å². The zero-order valence-corrected chi connectivity index (χ0v) is 9.92. The number of nitrogens with one attached hydrogen (secondary N) is 1. The Morgan fingerprint density at radius 2 is 1.79 bits per heavy atom. The largest absolute Gasteiger partial charge is 0.508 e. The van der Waals surface area contributed by atoms with Crippen LogP contribution in [0.5, 0.6) is 11.5 Å². The Morgan fingerprint density at radius 1 is 1.11 bits per heavy atom. The molecular formula is C15H11NO3. The van der Waals surface area contributed by atoms with Crippen LogP contribution < -0.4 is 5.32 Å². The third-order valence-electron chi connectivity index (χ3n) is 2.53. The summed E-state index contributed by atoms with van der Waals surface area (Å²) in [4.78, 5) is 11.9. The highest BCUT2D eigenvalue weighted by Crippen LogP contribution is 2.23. The normalized spacial score (nSPS) is 9.63. The summed E-state index contributed by atoms with van der Waals surface area (Å²) >= 11 is 0. The number of phenolic OH excluding ortho intramolecular Hbond substituents is 2. The molecule has 94 valence electrons. The van der Waals surface area contributed by atoms with Gasteiger partial charge in [-0.1, -0.05) is 5.92 Å². The quantitative estimate of drug-likeness (QED) is 0.568. The molecule has 0 radical (unpaired) electrons. The number of amides is 1. The van der Waals surface area contributed by atoms with Gasteiger partial charge in [-0.2, -0.15) is 0 Å². The fourth-order valence-electron chi connectivity index (χ4n) is 1.55. The molecule has 0 saturated carbocycles. The maximum Gasteiger partial charge on any atom is 0.259 e. The molecule has 0 aromatic heterocycles. The molecule has 0 heterocycles. The number of hydrogen-bond donors (Lipinski definition) is 3. The topological polar surface area (TPSA) is 69.6 Å². The highest BCUT2D eigenvalue weighted by Gasteiger charge is 2.12. The molecule has 19 heavy (non-hydrogen) atoms. The van der Waals surface area contributed by atoms with Gasteiger partial charge in [0.15, 0.2) is 0 Å². The number of aromatic hydroxyl groups is 2. The molecule has 0 aliphatic rings. The lowest BCUT2D eigenvalue weighted by atomic mass is 10.1. The van der Waals surface area contributed by atoms with E-state index in [9.17, 15) is 15.0 Å². The molecule has 0 unspecified atom stereocenters. The molecule has 3 N–H and O–H groups in total. The maximum absolute atomic E-state index is 11.9. The van der Waals surface area contributed by atoms with Crippen LogP contribution in [0.15, 0.2) is 42.5 Å². The van der Waals surface area contributed by atoms with E-state index in [-0.39, 0.29) is 17.1 Å². The predicted molar refractivity (Wildman–Crippen MR) is 72.1 cm³/mol. The smallest absolute Gasteiger partial charge is 0.259 e. The highest BCUT2D eigenvalue weighted by atomic mass is 16.3. The summed E-state index contributed by atoms with van der Waals surface area (Å²) < 4.78 is 0. The van der Waals surface area contributed by atoms with E-state index in [1.807, 2.05) is 0 Å². The zero-order chi connectivity index (χ0) is 13.8. The van der Waals surface area contributed by atoms with E-state index in [1.165, 1.54) is 18.2 Å². The molecule has 0 atom stereocenters. The average Bonchev–Trinajstić information content (AvgIpc) is 2.42. The van der Waals surface area contributed by atoms with Gasteiger partial charge in [-0.05, 0) is 42.5 Å². The van der Waals surface area contributed by atoms with E-state index in [2.05, 4.69) is 11.2 Å². The Bertz CT molecular complexity index is 654. The first kappa shape index (κ1) is 12.5. The molecule has 0 spiro atoms. The van der Waals surface area contributed by atoms with Gasteiger partial charge in [0.1, 0.15) is 11.5 Å². The summed E-state index contributed by atoms with van der Waals surface area (Å²) in [5.41, 5.74) is 1.26. The molecule has 2 rings (SSSR count). The van der Waals surface area contributed by atoms with Crippen molar-refractivity contribution in [2.75, 3.05) is 5.32 Å². The number of terminal acetylenes is 1. The monoisotopic (exact) mass is 253 g/mol. The summed E-state index contributed by atoms with van der Waals surface area (Å²) in [6, 6.07) is 10.5. The molecule has 0 saturated heterocycles. The van der Waals surface area contributed by atoms with Crippen LogP contribution in [0.2, 0.25) is 0 Å². The Hall–Kier alpha value is -2.93. The third-order valence-corrected chi connectivity index (χ3v) is 2.53. The van der Waals surface area contributed by atoms with Gasteiger partial charge >= 0.3 is 0 Å². The number of rotatable bonds is 2. The molecule has 1 amide bonds. The van der Waals surface area contributed by atoms with Gasteiger partial charge in [0.2, 0.25) is 0 Å². The molecule has 0 fully saturated rings. The van der Waals surface area contributed by atoms with Crippen molar-refractivity contribution in [2.45, 2.75) is 0 Å². The van der Waals surface area contributed by atoms with E-state index in [1.54, 1.807) is 24.3 Å². The molecule has 0 aliphatic carbocycles. The lowest BCUT2D eigenvalue weighted by molar-refractivity contribution is 0.102. The van der Waals surface area contributed by atoms with Crippen molar-refractivity contribution in [1.82, 2.24) is 0 Å². The number of anilines is 1. The minimum atomic E-state index is -0.512. The average molecular weight is 253 g/mol. The zero-order valence-electron chi connectivity index (χ0n) is 9.92. The fraction of sp³-hybridized carbons (Fsp3) is 0. The van der Waals surface area contributed by atoms with Gasteiger partial charge in [0, 0.05) is 11.3 Å². The minimum absolute atomic E-state index is 0.000950. The summed E-state index contributed by atoms with van der Waals surface area (Å²) in [5, 5.41) is 21.5. The van der Waals surface area contributed by atoms with Crippen LogP contribution in [0.25, 0.3) is 0 Å². The van der Waals surface area contributed by atoms with Gasteiger partial charge in [-0.15, -0.1) is 6.42 Å². The molecule has 2 aromatic rings. The molecule has 4 nitrogen and oxygen atoms in total. The van der Waals surface area contributed by atoms with Crippen LogP contribution in [0.1, 0.15) is 15.9 Å². The standard InChI is InChI=1S/C15H11NO3/c1-2-10-3-5-11(6-4-10)16-15(19)13-9-12(17)7-8-14(13)18/h1,3-9,17-18H,(H,16,19). The SMILES string of the molecule is C#Cc1ccc(NC(=O)c2cc(O)ccc2O)cc1. The van der Waals surface area contributed by atoms with Crippen LogP contribution in [-0.4, -0.2) is 16.1 Å². The first-order valence-electron chi connectivity index (χ1n) is 5.50. The molecule has 4 heteroatoms. The van der Waals surface area contributed by atoms with E-state index in [0.717, 1.165) is 0 Å². The van der Waals surface area contributed by atoms with Crippen molar-refractivity contribution >= 4 is 11.6 Å². The van der Waals surface area contributed by atoms with Crippen molar-refractivity contribution in [3.63, 3.8) is 0 Å². The first-order chi connectivity index (χ1) is 9.10. The van der Waals surface area contributed by atoms with Crippen LogP contribution in [0.3, 0.4) is 0 Å². The van der Waals surface area contributed by atoms with Crippen molar-refractivity contribution < 1.29 is 15.0 Å². The summed E-state index contributed by atoms with van der Waals surface area (Å²) in [6.45, 7) is 0. The van der Waals surface area contributed by atoms with Crippen LogP contribution in [0, 0.1) is 12.3 Å². The molecule has 0 aliphatic heterocycles. The summed E-state index contributed by atoms with van der Waals surface area (Å²) in [5.74, 6) is 1.67. The lowest BCUT2D eigenvalue weighted by Gasteiger charge is -2.07. The highest BCUT2D eigenvalue weighted by molar-refractivity contribution is 6.06. The fourth-order valence-corrected chi connectivity index (χ4v) is 1.55. The first-order valence-corrected chi connectivity index (χ1v) is 5.50. The Labute approximate surface area is 110 Å². The van der Waals surface area contributed by atoms with E-state index in [0.29, 0.717) is 11.3 Å². The molecule has 0 bridgehead atoms.